The Kier molecular flexibility index (Phi) is 3.93. The summed E-state index contributed by atoms with van der Waals surface area (Å²) in [4.78, 5) is 4.38. The molecule has 0 saturated carbocycles. The van der Waals surface area contributed by atoms with Gasteiger partial charge in [-0.3, -0.25) is 4.90 Å². The van der Waals surface area contributed by atoms with Crippen LogP contribution >= 0.6 is 0 Å². The molecule has 5 nitrogen and oxygen atoms in total. The van der Waals surface area contributed by atoms with Crippen molar-refractivity contribution in [2.45, 2.75) is 12.8 Å². The summed E-state index contributed by atoms with van der Waals surface area (Å²) < 4.78 is 11.5. The van der Waals surface area contributed by atoms with E-state index in [0.717, 1.165) is 54.4 Å². The van der Waals surface area contributed by atoms with Crippen LogP contribution in [0.5, 0.6) is 0 Å². The van der Waals surface area contributed by atoms with Crippen molar-refractivity contribution < 1.29 is 14.6 Å². The molecule has 2 aromatic carbocycles. The van der Waals surface area contributed by atoms with Crippen LogP contribution in [0.3, 0.4) is 0 Å². The van der Waals surface area contributed by atoms with Crippen molar-refractivity contribution in [3.05, 3.63) is 65.2 Å². The van der Waals surface area contributed by atoms with Gasteiger partial charge in [0.25, 0.3) is 0 Å². The third kappa shape index (κ3) is 2.51. The molecule has 0 bridgehead atoms. The molecular formula is C21H22N2O3. The van der Waals surface area contributed by atoms with Crippen LogP contribution in [0.15, 0.2) is 48.5 Å². The lowest BCUT2D eigenvalue weighted by molar-refractivity contribution is 0.0341. The summed E-state index contributed by atoms with van der Waals surface area (Å²) in [7, 11) is 0. The number of nitrogens with zero attached hydrogens (tertiary/aromatic N) is 2. The second-order valence-electron chi connectivity index (χ2n) is 6.92. The van der Waals surface area contributed by atoms with E-state index >= 15 is 0 Å². The summed E-state index contributed by atoms with van der Waals surface area (Å²) in [6, 6.07) is 16.4. The van der Waals surface area contributed by atoms with E-state index in [1.165, 1.54) is 5.56 Å². The predicted molar refractivity (Wildman–Crippen MR) is 100 cm³/mol. The zero-order chi connectivity index (χ0) is 17.5. The fourth-order valence-electron chi connectivity index (χ4n) is 4.05. The summed E-state index contributed by atoms with van der Waals surface area (Å²) in [5, 5.41) is 11.2. The first-order valence-electron chi connectivity index (χ1n) is 9.12. The highest BCUT2D eigenvalue weighted by molar-refractivity contribution is 5.99. The van der Waals surface area contributed by atoms with Crippen molar-refractivity contribution in [3.63, 3.8) is 0 Å². The lowest BCUT2D eigenvalue weighted by Crippen LogP contribution is -2.46. The van der Waals surface area contributed by atoms with Gasteiger partial charge in [-0.2, -0.15) is 0 Å². The molecule has 26 heavy (non-hydrogen) atoms. The molecule has 1 saturated heterocycles. The van der Waals surface area contributed by atoms with E-state index in [2.05, 4.69) is 34.1 Å². The molecule has 0 amide bonds. The van der Waals surface area contributed by atoms with Crippen LogP contribution in [0.1, 0.15) is 16.7 Å². The second-order valence-corrected chi connectivity index (χ2v) is 6.92. The van der Waals surface area contributed by atoms with Crippen LogP contribution in [0.2, 0.25) is 0 Å². The first-order valence-corrected chi connectivity index (χ1v) is 9.12. The average Bonchev–Trinajstić information content (AvgIpc) is 3.22. The van der Waals surface area contributed by atoms with Crippen LogP contribution in [-0.2, 0) is 16.1 Å². The maximum Gasteiger partial charge on any atom is 0.158 e. The molecule has 3 heterocycles. The van der Waals surface area contributed by atoms with Crippen LogP contribution < -0.4 is 4.90 Å². The maximum atomic E-state index is 11.2. The summed E-state index contributed by atoms with van der Waals surface area (Å²) in [5.74, 6) is 0.810. The van der Waals surface area contributed by atoms with Crippen molar-refractivity contribution in [3.8, 4) is 0 Å². The second kappa shape index (κ2) is 6.43. The third-order valence-corrected chi connectivity index (χ3v) is 5.39. The topological polar surface area (TPSA) is 45.2 Å². The molecule has 1 N–H and O–H groups in total. The molecule has 0 spiro atoms. The molecular weight excluding hydrogens is 328 g/mol. The molecule has 3 aliphatic rings. The third-order valence-electron chi connectivity index (χ3n) is 5.39. The molecule has 134 valence electrons. The Bertz CT molecular complexity index is 858. The highest BCUT2D eigenvalue weighted by Crippen LogP contribution is 2.45. The summed E-state index contributed by atoms with van der Waals surface area (Å²) in [6.45, 7) is 4.51. The lowest BCUT2D eigenvalue weighted by atomic mass is 10.0. The first-order chi connectivity index (χ1) is 12.8. The Morgan fingerprint density at radius 2 is 1.69 bits per heavy atom. The molecule has 5 rings (SSSR count). The van der Waals surface area contributed by atoms with Crippen LogP contribution in [-0.4, -0.2) is 49.2 Å². The Balaban J connectivity index is 1.57. The number of morpholine rings is 1. The fraction of sp³-hybridized carbons (Fsp3) is 0.333. The van der Waals surface area contributed by atoms with Gasteiger partial charge < -0.3 is 19.5 Å². The molecule has 2 aromatic rings. The Morgan fingerprint density at radius 1 is 0.962 bits per heavy atom. The van der Waals surface area contributed by atoms with Gasteiger partial charge in [0.2, 0.25) is 0 Å². The van der Waals surface area contributed by atoms with Crippen molar-refractivity contribution in [2.75, 3.05) is 37.9 Å². The normalized spacial score (nSPS) is 25.1. The monoisotopic (exact) mass is 350 g/mol. The number of fused-ring (bicyclic) bond motifs is 2. The largest absolute Gasteiger partial charge is 0.488 e. The van der Waals surface area contributed by atoms with Crippen molar-refractivity contribution in [2.24, 2.45) is 0 Å². The Morgan fingerprint density at radius 3 is 2.54 bits per heavy atom. The number of benzene rings is 2. The van der Waals surface area contributed by atoms with Crippen molar-refractivity contribution in [1.82, 2.24) is 4.90 Å². The van der Waals surface area contributed by atoms with E-state index < -0.39 is 6.23 Å². The zero-order valence-corrected chi connectivity index (χ0v) is 14.6. The fourth-order valence-corrected chi connectivity index (χ4v) is 4.05. The number of aliphatic hydroxyl groups excluding tert-OH is 1. The summed E-state index contributed by atoms with van der Waals surface area (Å²) in [6.07, 6.45) is -0.712. The molecule has 0 aromatic heterocycles. The van der Waals surface area contributed by atoms with Crippen molar-refractivity contribution >= 4 is 17.0 Å². The van der Waals surface area contributed by atoms with E-state index in [-0.39, 0.29) is 0 Å². The van der Waals surface area contributed by atoms with E-state index in [0.29, 0.717) is 13.3 Å². The molecule has 1 unspecified atom stereocenters. The smallest absolute Gasteiger partial charge is 0.158 e. The molecule has 5 heteroatoms. The number of hydrogen-bond acceptors (Lipinski definition) is 5. The van der Waals surface area contributed by atoms with Gasteiger partial charge in [0.1, 0.15) is 12.4 Å². The quantitative estimate of drug-likeness (QED) is 0.902. The number of para-hydroxylation sites is 1. The minimum atomic E-state index is -0.712. The average molecular weight is 350 g/mol. The number of hydrogen-bond donors (Lipinski definition) is 1. The van der Waals surface area contributed by atoms with Gasteiger partial charge in [-0.25, -0.2) is 0 Å². The molecule has 0 aliphatic carbocycles. The number of anilines is 1. The number of rotatable bonds is 2. The van der Waals surface area contributed by atoms with Gasteiger partial charge in [0.15, 0.2) is 6.23 Å². The van der Waals surface area contributed by atoms with Gasteiger partial charge in [-0.15, -0.1) is 0 Å². The zero-order valence-electron chi connectivity index (χ0n) is 14.6. The lowest BCUT2D eigenvalue weighted by Gasteiger charge is -2.33. The highest BCUT2D eigenvalue weighted by Gasteiger charge is 2.38. The van der Waals surface area contributed by atoms with E-state index in [1.807, 2.05) is 24.3 Å². The van der Waals surface area contributed by atoms with Crippen molar-refractivity contribution in [1.29, 1.82) is 0 Å². The Labute approximate surface area is 153 Å². The molecule has 1 fully saturated rings. The summed E-state index contributed by atoms with van der Waals surface area (Å²) >= 11 is 0. The minimum Gasteiger partial charge on any atom is -0.488 e. The van der Waals surface area contributed by atoms with Gasteiger partial charge >= 0.3 is 0 Å². The first kappa shape index (κ1) is 15.9. The van der Waals surface area contributed by atoms with Crippen LogP contribution in [0.4, 0.5) is 5.69 Å². The van der Waals surface area contributed by atoms with E-state index in [4.69, 9.17) is 9.47 Å². The number of aliphatic hydroxyl groups is 1. The Hall–Kier alpha value is -2.34. The highest BCUT2D eigenvalue weighted by atomic mass is 16.5. The predicted octanol–water partition coefficient (Wildman–Crippen LogP) is 2.51. The van der Waals surface area contributed by atoms with Crippen LogP contribution in [0, 0.1) is 0 Å². The minimum absolute atomic E-state index is 0.563. The van der Waals surface area contributed by atoms with Gasteiger partial charge in [0.05, 0.1) is 25.5 Å². The van der Waals surface area contributed by atoms with Gasteiger partial charge in [-0.05, 0) is 6.07 Å². The summed E-state index contributed by atoms with van der Waals surface area (Å²) in [5.41, 5.74) is 5.25. The standard InChI is InChI=1S/C21H22N2O3/c24-21-19(20-16-6-2-1-5-15(16)13-26-20)17-7-3-4-8-18(17)23(21)14-22-9-11-25-12-10-22/h1-8,21,24H,9-14H2. The SMILES string of the molecule is OC1C(=C2OCc3ccccc32)c2ccccc2N1CN1CCOCC1. The molecule has 0 radical (unpaired) electrons. The van der Waals surface area contributed by atoms with Gasteiger partial charge in [0, 0.05) is 35.5 Å². The van der Waals surface area contributed by atoms with Crippen LogP contribution in [0.25, 0.3) is 11.3 Å². The molecule has 3 aliphatic heterocycles. The maximum absolute atomic E-state index is 11.2. The van der Waals surface area contributed by atoms with Gasteiger partial charge in [-0.1, -0.05) is 42.5 Å². The van der Waals surface area contributed by atoms with E-state index in [9.17, 15) is 5.11 Å². The molecule has 1 atom stereocenters. The number of ether oxygens (including phenoxy) is 2. The van der Waals surface area contributed by atoms with E-state index in [1.54, 1.807) is 0 Å².